The molecule has 0 saturated carbocycles. The Hall–Kier alpha value is -2.44. The summed E-state index contributed by atoms with van der Waals surface area (Å²) in [5.41, 5.74) is 0. The molecule has 1 fully saturated rings. The number of ether oxygens (including phenoxy) is 6. The molecule has 1 rings (SSSR count). The normalized spacial score (nSPS) is 25.6. The molecule has 0 aromatic heterocycles. The number of unbranched alkanes of at least 4 members (excludes halogenated alkanes) is 8. The second-order valence-electron chi connectivity index (χ2n) is 13.9. The Morgan fingerprint density at radius 2 is 0.964 bits per heavy atom. The minimum absolute atomic E-state index is 0.0306. The highest BCUT2D eigenvalue weighted by Crippen LogP contribution is 2.32. The lowest BCUT2D eigenvalue weighted by atomic mass is 9.97. The van der Waals surface area contributed by atoms with E-state index in [1.54, 1.807) is 0 Å². The molecule has 0 aliphatic carbocycles. The molecule has 16 heteroatoms. The van der Waals surface area contributed by atoms with Gasteiger partial charge in [-0.2, -0.15) is 0 Å². The van der Waals surface area contributed by atoms with Crippen LogP contribution in [0.5, 0.6) is 0 Å². The molecule has 0 bridgehead atoms. The van der Waals surface area contributed by atoms with Crippen LogP contribution in [-0.4, -0.2) is 129 Å². The molecule has 16 nitrogen and oxygen atoms in total. The number of carbonyl (C=O) groups excluding carboxylic acids is 4. The van der Waals surface area contributed by atoms with Crippen molar-refractivity contribution in [3.05, 3.63) is 0 Å². The van der Waals surface area contributed by atoms with Gasteiger partial charge in [0.05, 0.1) is 6.61 Å². The van der Waals surface area contributed by atoms with Crippen LogP contribution in [0.3, 0.4) is 0 Å². The molecule has 1 heterocycles. The maximum atomic E-state index is 13.6. The fourth-order valence-corrected chi connectivity index (χ4v) is 5.67. The summed E-state index contributed by atoms with van der Waals surface area (Å²) in [5, 5.41) is 61.5. The quantitative estimate of drug-likeness (QED) is 0.0246. The van der Waals surface area contributed by atoms with Crippen molar-refractivity contribution in [1.29, 1.82) is 0 Å². The lowest BCUT2D eigenvalue weighted by Gasteiger charge is -2.45. The molecular weight excluding hydrogens is 736 g/mol. The van der Waals surface area contributed by atoms with Gasteiger partial charge in [-0.3, -0.25) is 19.2 Å². The van der Waals surface area contributed by atoms with Gasteiger partial charge >= 0.3 is 23.9 Å². The number of rotatable bonds is 32. The van der Waals surface area contributed by atoms with Gasteiger partial charge in [-0.05, 0) is 25.7 Å². The molecule has 328 valence electrons. The van der Waals surface area contributed by atoms with Crippen molar-refractivity contribution in [2.45, 2.75) is 217 Å². The fraction of sp³-hybridized carbons (Fsp3) is 0.900. The minimum atomic E-state index is -2.56. The van der Waals surface area contributed by atoms with Crippen LogP contribution < -0.4 is 0 Å². The predicted octanol–water partition coefficient (Wildman–Crippen LogP) is 3.64. The standard InChI is InChI=1S/C40H72O16/c1-5-9-13-17-21-29(43)51-26-28-36(53-30(44)22-18-14-10-6-2)37(54-31(45)23-19-15-11-7-3)38(55-32(46)24-20-16-12-8-4)40(52-28)56-39(50)35(49)34(48)33(47)27(42)25-41/h27-28,33-42,47-50H,5-26H2,1-4H3/t27-,28-,33-,34+,35+,36-,37+,38+,39?,40?/m1/s1/i21D,22D,23D,24D/t21?,22?,23?,24?,27-,28-,33-,34+,35+,36-,37+,38+,39?,40?. The van der Waals surface area contributed by atoms with Gasteiger partial charge < -0.3 is 59.1 Å². The first-order chi connectivity index (χ1) is 28.5. The first-order valence-electron chi connectivity index (χ1n) is 22.6. The van der Waals surface area contributed by atoms with Gasteiger partial charge in [0.1, 0.15) is 37.1 Å². The van der Waals surface area contributed by atoms with E-state index in [1.165, 1.54) is 0 Å². The second-order valence-corrected chi connectivity index (χ2v) is 13.9. The number of esters is 4. The Labute approximate surface area is 338 Å². The number of hydrogen-bond donors (Lipinski definition) is 6. The summed E-state index contributed by atoms with van der Waals surface area (Å²) in [5.74, 6) is -4.51. The number of hydrogen-bond acceptors (Lipinski definition) is 16. The van der Waals surface area contributed by atoms with E-state index in [2.05, 4.69) is 0 Å². The molecular formula is C40H72O16. The minimum Gasteiger partial charge on any atom is -0.463 e. The Bertz CT molecular complexity index is 1220. The van der Waals surface area contributed by atoms with Crippen LogP contribution in [0.2, 0.25) is 0 Å². The van der Waals surface area contributed by atoms with Gasteiger partial charge in [-0.1, -0.05) is 105 Å². The van der Waals surface area contributed by atoms with E-state index in [9.17, 15) is 49.8 Å². The summed E-state index contributed by atoms with van der Waals surface area (Å²) in [6, 6.07) is 0. The molecule has 0 spiro atoms. The molecule has 6 unspecified atom stereocenters. The lowest BCUT2D eigenvalue weighted by molar-refractivity contribution is -0.349. The molecule has 6 N–H and O–H groups in total. The van der Waals surface area contributed by atoms with Crippen LogP contribution in [0.25, 0.3) is 0 Å². The van der Waals surface area contributed by atoms with Crippen molar-refractivity contribution in [3.8, 4) is 0 Å². The molecule has 56 heavy (non-hydrogen) atoms. The first kappa shape index (κ1) is 44.7. The monoisotopic (exact) mass is 813 g/mol. The van der Waals surface area contributed by atoms with E-state index in [4.69, 9.17) is 33.9 Å². The average Bonchev–Trinajstić information content (AvgIpc) is 3.23. The van der Waals surface area contributed by atoms with Crippen LogP contribution in [0, 0.1) is 0 Å². The molecule has 0 aromatic carbocycles. The molecule has 0 aromatic rings. The topological polar surface area (TPSA) is 245 Å². The highest BCUT2D eigenvalue weighted by Gasteiger charge is 2.54. The van der Waals surface area contributed by atoms with Gasteiger partial charge in [0.2, 0.25) is 6.29 Å². The largest absolute Gasteiger partial charge is 0.463 e. The SMILES string of the molecule is [2H]C(CCCCC)C(=O)OC[C@H]1OC(OC(O)[C@@H](O)[C@@H](O)[C@H](O)[C@H](O)CO)[C@@H](OC(=O)C([2H])CCCCC)[C@@H](OC(=O)C([2H])CCCCC)[C@@H]1OC(=O)C([2H])CCCCC. The summed E-state index contributed by atoms with van der Waals surface area (Å²) < 4.78 is 67.9. The molecule has 1 aliphatic rings. The summed E-state index contributed by atoms with van der Waals surface area (Å²) in [7, 11) is 0. The van der Waals surface area contributed by atoms with Crippen molar-refractivity contribution >= 4 is 23.9 Å². The van der Waals surface area contributed by atoms with Gasteiger partial charge in [-0.15, -0.1) is 0 Å². The van der Waals surface area contributed by atoms with Crippen molar-refractivity contribution in [3.63, 3.8) is 0 Å². The van der Waals surface area contributed by atoms with Crippen LogP contribution in [0.4, 0.5) is 0 Å². The summed E-state index contributed by atoms with van der Waals surface area (Å²) in [4.78, 5) is 53.7. The van der Waals surface area contributed by atoms with Crippen LogP contribution >= 0.6 is 0 Å². The number of aliphatic hydroxyl groups excluding tert-OH is 6. The highest BCUT2D eigenvalue weighted by molar-refractivity contribution is 5.72. The average molecular weight is 813 g/mol. The smallest absolute Gasteiger partial charge is 0.306 e. The van der Waals surface area contributed by atoms with Gasteiger partial charge in [0.25, 0.3) is 0 Å². The number of carbonyl (C=O) groups is 4. The molecule has 1 saturated heterocycles. The Morgan fingerprint density at radius 1 is 0.554 bits per heavy atom. The van der Waals surface area contributed by atoms with Crippen molar-refractivity contribution < 1.29 is 83.7 Å². The first-order valence-corrected chi connectivity index (χ1v) is 20.3. The van der Waals surface area contributed by atoms with Crippen LogP contribution in [-0.2, 0) is 47.6 Å². The van der Waals surface area contributed by atoms with Crippen LogP contribution in [0.15, 0.2) is 0 Å². The van der Waals surface area contributed by atoms with E-state index >= 15 is 0 Å². The van der Waals surface area contributed by atoms with Crippen molar-refractivity contribution in [2.75, 3.05) is 13.2 Å². The lowest BCUT2D eigenvalue weighted by Crippen LogP contribution is -2.64. The van der Waals surface area contributed by atoms with E-state index in [-0.39, 0.29) is 25.7 Å². The maximum Gasteiger partial charge on any atom is 0.306 e. The van der Waals surface area contributed by atoms with Gasteiger partial charge in [0, 0.05) is 31.1 Å². The predicted molar refractivity (Wildman–Crippen MR) is 203 cm³/mol. The molecule has 1 aliphatic heterocycles. The number of aliphatic hydroxyl groups is 6. The summed E-state index contributed by atoms with van der Waals surface area (Å²) >= 11 is 0. The van der Waals surface area contributed by atoms with Crippen molar-refractivity contribution in [2.24, 2.45) is 0 Å². The van der Waals surface area contributed by atoms with E-state index in [0.29, 0.717) is 44.9 Å². The van der Waals surface area contributed by atoms with Gasteiger partial charge in [0.15, 0.2) is 24.6 Å². The third kappa shape index (κ3) is 20.3. The summed E-state index contributed by atoms with van der Waals surface area (Å²) in [6.07, 6.45) is -19.0. The fourth-order valence-electron chi connectivity index (χ4n) is 5.67. The Balaban J connectivity index is 3.88. The molecule has 0 radical (unpaired) electrons. The van der Waals surface area contributed by atoms with E-state index in [1.807, 2.05) is 27.7 Å². The molecule has 0 amide bonds. The second kappa shape index (κ2) is 30.6. The van der Waals surface area contributed by atoms with Gasteiger partial charge in [-0.25, -0.2) is 0 Å². The summed E-state index contributed by atoms with van der Waals surface area (Å²) in [6.45, 7) is 5.83. The zero-order chi connectivity index (χ0) is 45.4. The third-order valence-corrected chi connectivity index (χ3v) is 9.06. The third-order valence-electron chi connectivity index (χ3n) is 9.06. The van der Waals surface area contributed by atoms with E-state index < -0.39 is 124 Å². The Kier molecular flexibility index (Phi) is 24.4. The zero-order valence-electron chi connectivity index (χ0n) is 37.6. The van der Waals surface area contributed by atoms with Crippen molar-refractivity contribution in [1.82, 2.24) is 0 Å². The van der Waals surface area contributed by atoms with E-state index in [0.717, 1.165) is 32.1 Å². The maximum absolute atomic E-state index is 13.6. The van der Waals surface area contributed by atoms with Crippen LogP contribution in [0.1, 0.15) is 161 Å². The Morgan fingerprint density at radius 3 is 1.39 bits per heavy atom. The highest BCUT2D eigenvalue weighted by atomic mass is 16.8. The zero-order valence-corrected chi connectivity index (χ0v) is 33.6. The molecule has 14 atom stereocenters.